The highest BCUT2D eigenvalue weighted by Crippen LogP contribution is 2.12. The van der Waals surface area contributed by atoms with Crippen LogP contribution >= 0.6 is 11.8 Å². The van der Waals surface area contributed by atoms with Gasteiger partial charge in [0.15, 0.2) is 5.16 Å². The van der Waals surface area contributed by atoms with Gasteiger partial charge in [-0.05, 0) is 6.54 Å². The van der Waals surface area contributed by atoms with E-state index < -0.39 is 23.1 Å². The predicted molar refractivity (Wildman–Crippen MR) is 65.9 cm³/mol. The van der Waals surface area contributed by atoms with Gasteiger partial charge in [0.05, 0.1) is 0 Å². The first-order chi connectivity index (χ1) is 8.45. The van der Waals surface area contributed by atoms with E-state index in [9.17, 15) is 14.4 Å². The number of hydrogen-bond donors (Lipinski definition) is 3. The fourth-order valence-corrected chi connectivity index (χ4v) is 2.17. The summed E-state index contributed by atoms with van der Waals surface area (Å²) >= 11 is 1.08. The van der Waals surface area contributed by atoms with E-state index in [4.69, 9.17) is 5.11 Å². The summed E-state index contributed by atoms with van der Waals surface area (Å²) in [4.78, 5) is 36.5. The van der Waals surface area contributed by atoms with Crippen molar-refractivity contribution < 1.29 is 9.90 Å². The van der Waals surface area contributed by atoms with E-state index in [1.165, 1.54) is 11.7 Å². The van der Waals surface area contributed by atoms with Crippen LogP contribution in [0.1, 0.15) is 6.92 Å². The first-order valence-electron chi connectivity index (χ1n) is 5.22. The first-order valence-corrected chi connectivity index (χ1v) is 6.20. The zero-order valence-electron chi connectivity index (χ0n) is 9.97. The lowest BCUT2D eigenvalue weighted by Crippen LogP contribution is -2.39. The molecule has 0 saturated heterocycles. The molecule has 3 N–H and O–H groups in total. The van der Waals surface area contributed by atoms with Crippen LogP contribution < -0.4 is 16.4 Å². The average Bonchev–Trinajstić information content (AvgIpc) is 2.30. The maximum Gasteiger partial charge on any atom is 0.339 e. The number of hydrogen-bond acceptors (Lipinski definition) is 6. The van der Waals surface area contributed by atoms with Crippen LogP contribution in [0.25, 0.3) is 0 Å². The number of aryl methyl sites for hydroxylation is 1. The molecule has 1 aromatic heterocycles. The second-order valence-electron chi connectivity index (χ2n) is 3.46. The number of carbonyl (C=O) groups is 1. The highest BCUT2D eigenvalue weighted by Gasteiger charge is 2.17. The van der Waals surface area contributed by atoms with Gasteiger partial charge in [-0.25, -0.2) is 0 Å². The quantitative estimate of drug-likeness (QED) is 0.432. The van der Waals surface area contributed by atoms with E-state index in [0.29, 0.717) is 6.54 Å². The Morgan fingerprint density at radius 1 is 1.61 bits per heavy atom. The predicted octanol–water partition coefficient (Wildman–Crippen LogP) is -1.38. The van der Waals surface area contributed by atoms with Crippen molar-refractivity contribution in [3.63, 3.8) is 0 Å². The van der Waals surface area contributed by atoms with E-state index in [2.05, 4.69) is 15.4 Å². The van der Waals surface area contributed by atoms with Gasteiger partial charge in [0, 0.05) is 12.8 Å². The molecule has 0 aliphatic heterocycles. The van der Waals surface area contributed by atoms with Crippen molar-refractivity contribution >= 4 is 17.7 Å². The van der Waals surface area contributed by atoms with Crippen molar-refractivity contribution in [2.75, 3.05) is 12.3 Å². The summed E-state index contributed by atoms with van der Waals surface area (Å²) in [5.41, 5.74) is -1.69. The first kappa shape index (κ1) is 14.5. The smallest absolute Gasteiger partial charge is 0.339 e. The molecule has 8 nitrogen and oxygen atoms in total. The molecule has 0 aliphatic rings. The van der Waals surface area contributed by atoms with E-state index in [0.717, 1.165) is 11.8 Å². The maximum atomic E-state index is 11.1. The summed E-state index contributed by atoms with van der Waals surface area (Å²) in [6.45, 7) is 2.32. The van der Waals surface area contributed by atoms with Crippen molar-refractivity contribution in [1.82, 2.24) is 20.1 Å². The topological polar surface area (TPSA) is 117 Å². The van der Waals surface area contributed by atoms with Gasteiger partial charge in [-0.2, -0.15) is 4.98 Å². The fourth-order valence-electron chi connectivity index (χ4n) is 1.21. The van der Waals surface area contributed by atoms with E-state index in [-0.39, 0.29) is 10.9 Å². The van der Waals surface area contributed by atoms with Gasteiger partial charge in [-0.15, -0.1) is 0 Å². The molecule has 18 heavy (non-hydrogen) atoms. The lowest BCUT2D eigenvalue weighted by Gasteiger charge is -2.12. The molecule has 1 heterocycles. The number of aromatic amines is 1. The number of nitrogens with zero attached hydrogens (tertiary/aromatic N) is 2. The van der Waals surface area contributed by atoms with Crippen LogP contribution in [-0.2, 0) is 11.8 Å². The Hall–Kier alpha value is -1.61. The normalized spacial score (nSPS) is 12.3. The monoisotopic (exact) mass is 274 g/mol. The second-order valence-corrected chi connectivity index (χ2v) is 4.45. The van der Waals surface area contributed by atoms with E-state index >= 15 is 0 Å². The van der Waals surface area contributed by atoms with Gasteiger partial charge >= 0.3 is 17.1 Å². The minimum Gasteiger partial charge on any atom is -0.480 e. The summed E-state index contributed by atoms with van der Waals surface area (Å²) in [7, 11) is 1.53. The standard InChI is InChI=1S/C9H14N4O4S/c1-3-10-5(8(16)17)4-18-9-11-6(14)7(15)12-13(9)2/h5,10H,3-4H2,1-2H3,(H,12,15)(H,16,17). The molecule has 100 valence electrons. The molecule has 1 aromatic rings. The number of H-pyrrole nitrogens is 1. The Kier molecular flexibility index (Phi) is 5.10. The third-order valence-electron chi connectivity index (χ3n) is 2.08. The molecule has 0 fully saturated rings. The SMILES string of the molecule is CCNC(CSc1nc(=O)c(=O)[nH]n1C)C(=O)O. The van der Waals surface area contributed by atoms with Gasteiger partial charge in [0.25, 0.3) is 0 Å². The van der Waals surface area contributed by atoms with E-state index in [1.54, 1.807) is 6.92 Å². The summed E-state index contributed by atoms with van der Waals surface area (Å²) < 4.78 is 1.29. The molecule has 1 unspecified atom stereocenters. The van der Waals surface area contributed by atoms with Crippen molar-refractivity contribution in [1.29, 1.82) is 0 Å². The largest absolute Gasteiger partial charge is 0.480 e. The molecule has 0 radical (unpaired) electrons. The molecule has 1 rings (SSSR count). The Bertz CT molecular complexity index is 538. The number of carboxylic acids is 1. The van der Waals surface area contributed by atoms with Gasteiger partial charge in [-0.3, -0.25) is 24.2 Å². The van der Waals surface area contributed by atoms with Crippen LogP contribution in [0.3, 0.4) is 0 Å². The molecule has 0 saturated carbocycles. The Balaban J connectivity index is 2.79. The van der Waals surface area contributed by atoms with Gasteiger partial charge in [0.1, 0.15) is 6.04 Å². The molecule has 0 bridgehead atoms. The van der Waals surface area contributed by atoms with Crippen LogP contribution in [0, 0.1) is 0 Å². The lowest BCUT2D eigenvalue weighted by molar-refractivity contribution is -0.138. The number of aliphatic carboxylic acids is 1. The Labute approximate surface area is 106 Å². The van der Waals surface area contributed by atoms with Gasteiger partial charge in [0.2, 0.25) is 0 Å². The van der Waals surface area contributed by atoms with Crippen LogP contribution in [-0.4, -0.2) is 44.2 Å². The van der Waals surface area contributed by atoms with Crippen molar-refractivity contribution in [2.24, 2.45) is 7.05 Å². The Morgan fingerprint density at radius 3 is 2.83 bits per heavy atom. The van der Waals surface area contributed by atoms with Crippen molar-refractivity contribution in [3.05, 3.63) is 20.7 Å². The molecule has 0 aliphatic carbocycles. The lowest BCUT2D eigenvalue weighted by atomic mass is 10.3. The second kappa shape index (κ2) is 6.36. The van der Waals surface area contributed by atoms with Crippen LogP contribution in [0.4, 0.5) is 0 Å². The zero-order chi connectivity index (χ0) is 13.7. The molecule has 9 heteroatoms. The minimum absolute atomic E-state index is 0.204. The minimum atomic E-state index is -0.973. The number of carboxylic acid groups (broad SMARTS) is 1. The molecule has 0 spiro atoms. The molecule has 0 aromatic carbocycles. The molecular formula is C9H14N4O4S. The highest BCUT2D eigenvalue weighted by atomic mass is 32.2. The fraction of sp³-hybridized carbons (Fsp3) is 0.556. The highest BCUT2D eigenvalue weighted by molar-refractivity contribution is 7.99. The van der Waals surface area contributed by atoms with Crippen molar-refractivity contribution in [3.8, 4) is 0 Å². The van der Waals surface area contributed by atoms with Crippen LogP contribution in [0.5, 0.6) is 0 Å². The molecular weight excluding hydrogens is 260 g/mol. The van der Waals surface area contributed by atoms with Crippen molar-refractivity contribution in [2.45, 2.75) is 18.1 Å². The number of aromatic nitrogens is 3. The summed E-state index contributed by atoms with van der Waals surface area (Å²) in [5, 5.41) is 14.3. The average molecular weight is 274 g/mol. The number of thioether (sulfide) groups is 1. The summed E-state index contributed by atoms with van der Waals surface area (Å²) in [5.74, 6) is -0.769. The molecule has 1 atom stereocenters. The Morgan fingerprint density at radius 2 is 2.28 bits per heavy atom. The number of rotatable bonds is 6. The zero-order valence-corrected chi connectivity index (χ0v) is 10.8. The number of nitrogens with one attached hydrogen (secondary N) is 2. The van der Waals surface area contributed by atoms with Gasteiger partial charge < -0.3 is 10.4 Å². The maximum absolute atomic E-state index is 11.1. The van der Waals surface area contributed by atoms with Gasteiger partial charge in [-0.1, -0.05) is 18.7 Å². The van der Waals surface area contributed by atoms with Crippen LogP contribution in [0.15, 0.2) is 14.7 Å². The summed E-state index contributed by atoms with van der Waals surface area (Å²) in [6.07, 6.45) is 0. The van der Waals surface area contributed by atoms with Crippen LogP contribution in [0.2, 0.25) is 0 Å². The third kappa shape index (κ3) is 3.70. The molecule has 0 amide bonds. The third-order valence-corrected chi connectivity index (χ3v) is 3.20. The van der Waals surface area contributed by atoms with E-state index in [1.807, 2.05) is 0 Å². The number of likely N-dealkylation sites (N-methyl/N-ethyl adjacent to an activating group) is 1. The summed E-state index contributed by atoms with van der Waals surface area (Å²) in [6, 6.07) is -0.733.